The number of nitrogens with zero attached hydrogens (tertiary/aromatic N) is 2. The van der Waals surface area contributed by atoms with Crippen LogP contribution in [-0.4, -0.2) is 48.9 Å². The van der Waals surface area contributed by atoms with E-state index in [4.69, 9.17) is 16.3 Å². The summed E-state index contributed by atoms with van der Waals surface area (Å²) in [6.45, 7) is 6.01. The van der Waals surface area contributed by atoms with Crippen LogP contribution < -0.4 is 5.32 Å². The molecule has 0 aliphatic carbocycles. The second kappa shape index (κ2) is 8.16. The molecular weight excluding hydrogens is 402 g/mol. The van der Waals surface area contributed by atoms with E-state index in [1.54, 1.807) is 31.3 Å². The molecule has 1 aromatic heterocycles. The highest BCUT2D eigenvalue weighted by Gasteiger charge is 2.32. The van der Waals surface area contributed by atoms with E-state index < -0.39 is 15.9 Å². The smallest absolute Gasteiger partial charge is 0.255 e. The van der Waals surface area contributed by atoms with Crippen LogP contribution in [0.1, 0.15) is 29.8 Å². The van der Waals surface area contributed by atoms with E-state index in [0.29, 0.717) is 5.69 Å². The molecule has 2 atom stereocenters. The number of aromatic nitrogens is 1. The first-order valence-electron chi connectivity index (χ1n) is 8.86. The van der Waals surface area contributed by atoms with Gasteiger partial charge in [0.2, 0.25) is 10.0 Å². The second-order valence-electron chi connectivity index (χ2n) is 6.85. The van der Waals surface area contributed by atoms with Crippen LogP contribution in [0, 0.1) is 6.92 Å². The van der Waals surface area contributed by atoms with Crippen LogP contribution in [0.15, 0.2) is 41.4 Å². The number of morpholine rings is 1. The number of benzene rings is 1. The number of carbonyl (C=O) groups is 1. The summed E-state index contributed by atoms with van der Waals surface area (Å²) in [6, 6.07) is 7.68. The van der Waals surface area contributed by atoms with Gasteiger partial charge in [0.1, 0.15) is 0 Å². The van der Waals surface area contributed by atoms with Gasteiger partial charge in [-0.2, -0.15) is 4.31 Å². The number of rotatable bonds is 4. The quantitative estimate of drug-likeness (QED) is 0.763. The lowest BCUT2D eigenvalue weighted by Gasteiger charge is -2.34. The monoisotopic (exact) mass is 423 g/mol. The van der Waals surface area contributed by atoms with Crippen molar-refractivity contribution >= 4 is 33.2 Å². The topological polar surface area (TPSA) is 88.6 Å². The fourth-order valence-corrected chi connectivity index (χ4v) is 5.02. The van der Waals surface area contributed by atoms with Crippen LogP contribution in [0.25, 0.3) is 0 Å². The Balaban J connectivity index is 1.86. The Kier molecular flexibility index (Phi) is 6.04. The number of hydrogen-bond donors (Lipinski definition) is 1. The SMILES string of the molecule is Cc1ccnc(Cl)c1NC(=O)c1cccc(S(=O)(=O)N2CC(C)OC(C)C2)c1. The summed E-state index contributed by atoms with van der Waals surface area (Å²) in [4.78, 5) is 16.7. The molecule has 0 saturated carbocycles. The maximum atomic E-state index is 13.0. The van der Waals surface area contributed by atoms with Gasteiger partial charge in [-0.3, -0.25) is 4.79 Å². The van der Waals surface area contributed by atoms with Gasteiger partial charge in [0.05, 0.1) is 22.8 Å². The molecule has 2 aromatic rings. The first-order valence-corrected chi connectivity index (χ1v) is 10.7. The molecule has 2 heterocycles. The average Bonchev–Trinajstić information content (AvgIpc) is 2.64. The standard InChI is InChI=1S/C19H22ClN3O4S/c1-12-7-8-21-18(20)17(12)22-19(24)15-5-4-6-16(9-15)28(25,26)23-10-13(2)27-14(3)11-23/h4-9,13-14H,10-11H2,1-3H3,(H,22,24). The average molecular weight is 424 g/mol. The van der Waals surface area contributed by atoms with E-state index >= 15 is 0 Å². The number of amides is 1. The number of nitrogens with one attached hydrogen (secondary N) is 1. The third kappa shape index (κ3) is 4.35. The third-order valence-electron chi connectivity index (χ3n) is 4.47. The Morgan fingerprint density at radius 1 is 1.25 bits per heavy atom. The van der Waals surface area contributed by atoms with Gasteiger partial charge >= 0.3 is 0 Å². The Hall–Kier alpha value is -2.00. The van der Waals surface area contributed by atoms with Crippen LogP contribution in [0.5, 0.6) is 0 Å². The van der Waals surface area contributed by atoms with Gasteiger partial charge in [0.25, 0.3) is 5.91 Å². The molecule has 2 unspecified atom stereocenters. The van der Waals surface area contributed by atoms with E-state index in [1.165, 1.54) is 16.4 Å². The highest BCUT2D eigenvalue weighted by atomic mass is 35.5. The van der Waals surface area contributed by atoms with Gasteiger partial charge in [-0.25, -0.2) is 13.4 Å². The first kappa shape index (κ1) is 20.7. The highest BCUT2D eigenvalue weighted by Crippen LogP contribution is 2.25. The van der Waals surface area contributed by atoms with E-state index in [1.807, 2.05) is 13.8 Å². The number of hydrogen-bond acceptors (Lipinski definition) is 5. The molecule has 0 spiro atoms. The van der Waals surface area contributed by atoms with E-state index in [-0.39, 0.29) is 40.9 Å². The van der Waals surface area contributed by atoms with Gasteiger partial charge < -0.3 is 10.1 Å². The van der Waals surface area contributed by atoms with Crippen LogP contribution in [0.3, 0.4) is 0 Å². The molecule has 1 aromatic carbocycles. The van der Waals surface area contributed by atoms with Crippen molar-refractivity contribution in [1.29, 1.82) is 0 Å². The Morgan fingerprint density at radius 2 is 1.93 bits per heavy atom. The lowest BCUT2D eigenvalue weighted by molar-refractivity contribution is -0.0440. The number of carbonyl (C=O) groups excluding carboxylic acids is 1. The minimum absolute atomic E-state index is 0.0652. The van der Waals surface area contributed by atoms with Crippen molar-refractivity contribution in [2.75, 3.05) is 18.4 Å². The third-order valence-corrected chi connectivity index (χ3v) is 6.59. The van der Waals surface area contributed by atoms with Crippen LogP contribution >= 0.6 is 11.6 Å². The zero-order valence-corrected chi connectivity index (χ0v) is 17.4. The summed E-state index contributed by atoms with van der Waals surface area (Å²) in [5.74, 6) is -0.459. The summed E-state index contributed by atoms with van der Waals surface area (Å²) in [6.07, 6.45) is 1.16. The molecule has 9 heteroatoms. The number of anilines is 1. The maximum absolute atomic E-state index is 13.0. The highest BCUT2D eigenvalue weighted by molar-refractivity contribution is 7.89. The molecule has 0 bridgehead atoms. The summed E-state index contributed by atoms with van der Waals surface area (Å²) in [5, 5.41) is 2.88. The molecule has 7 nitrogen and oxygen atoms in total. The molecule has 150 valence electrons. The summed E-state index contributed by atoms with van der Waals surface area (Å²) < 4.78 is 33.1. The minimum atomic E-state index is -3.74. The zero-order valence-electron chi connectivity index (χ0n) is 15.8. The van der Waals surface area contributed by atoms with Crippen LogP contribution in [0.2, 0.25) is 5.15 Å². The Labute approximate surface area is 169 Å². The molecule has 1 amide bonds. The summed E-state index contributed by atoms with van der Waals surface area (Å²) in [7, 11) is -3.74. The predicted octanol–water partition coefficient (Wildman–Crippen LogP) is 3.09. The fourth-order valence-electron chi connectivity index (χ4n) is 3.13. The summed E-state index contributed by atoms with van der Waals surface area (Å²) in [5.41, 5.74) is 1.38. The van der Waals surface area contributed by atoms with Gasteiger partial charge in [-0.15, -0.1) is 0 Å². The van der Waals surface area contributed by atoms with Gasteiger partial charge in [-0.1, -0.05) is 17.7 Å². The van der Waals surface area contributed by atoms with E-state index in [2.05, 4.69) is 10.3 Å². The van der Waals surface area contributed by atoms with Crippen LogP contribution in [0.4, 0.5) is 5.69 Å². The number of ether oxygens (including phenoxy) is 1. The largest absolute Gasteiger partial charge is 0.373 e. The van der Waals surface area contributed by atoms with Crippen molar-refractivity contribution in [3.8, 4) is 0 Å². The minimum Gasteiger partial charge on any atom is -0.373 e. The van der Waals surface area contributed by atoms with Crippen molar-refractivity contribution in [3.63, 3.8) is 0 Å². The molecule has 1 aliphatic heterocycles. The molecule has 1 aliphatic rings. The fraction of sp³-hybridized carbons (Fsp3) is 0.368. The van der Waals surface area contributed by atoms with Crippen molar-refractivity contribution < 1.29 is 17.9 Å². The molecule has 1 saturated heterocycles. The summed E-state index contributed by atoms with van der Waals surface area (Å²) >= 11 is 6.05. The van der Waals surface area contributed by atoms with Gasteiger partial charge in [-0.05, 0) is 50.6 Å². The van der Waals surface area contributed by atoms with E-state index in [0.717, 1.165) is 5.56 Å². The molecule has 1 N–H and O–H groups in total. The maximum Gasteiger partial charge on any atom is 0.255 e. The van der Waals surface area contributed by atoms with Crippen molar-refractivity contribution in [2.24, 2.45) is 0 Å². The number of halogens is 1. The molecule has 1 fully saturated rings. The number of sulfonamides is 1. The Bertz CT molecular complexity index is 966. The first-order chi connectivity index (χ1) is 13.2. The molecular formula is C19H22ClN3O4S. The van der Waals surface area contributed by atoms with E-state index in [9.17, 15) is 13.2 Å². The van der Waals surface area contributed by atoms with Gasteiger partial charge in [0.15, 0.2) is 5.15 Å². The molecule has 28 heavy (non-hydrogen) atoms. The molecule has 3 rings (SSSR count). The normalized spacial score (nSPS) is 20.7. The van der Waals surface area contributed by atoms with Crippen molar-refractivity contribution in [3.05, 3.63) is 52.8 Å². The van der Waals surface area contributed by atoms with Crippen molar-refractivity contribution in [2.45, 2.75) is 37.9 Å². The number of aryl methyl sites for hydroxylation is 1. The van der Waals surface area contributed by atoms with Gasteiger partial charge in [0, 0.05) is 24.8 Å². The molecule has 0 radical (unpaired) electrons. The zero-order chi connectivity index (χ0) is 20.5. The lowest BCUT2D eigenvalue weighted by Crippen LogP contribution is -2.48. The number of pyridine rings is 1. The lowest BCUT2D eigenvalue weighted by atomic mass is 10.2. The van der Waals surface area contributed by atoms with Crippen LogP contribution in [-0.2, 0) is 14.8 Å². The Morgan fingerprint density at radius 3 is 2.57 bits per heavy atom. The second-order valence-corrected chi connectivity index (χ2v) is 9.15. The predicted molar refractivity (Wildman–Crippen MR) is 107 cm³/mol. The van der Waals surface area contributed by atoms with Crippen molar-refractivity contribution in [1.82, 2.24) is 9.29 Å².